The van der Waals surface area contributed by atoms with E-state index in [1.807, 2.05) is 0 Å². The van der Waals surface area contributed by atoms with Gasteiger partial charge < -0.3 is 15.7 Å². The van der Waals surface area contributed by atoms with Gasteiger partial charge >= 0.3 is 12.2 Å². The number of carbonyl (C=O) groups is 2. The lowest BCUT2D eigenvalue weighted by Gasteiger charge is -2.44. The summed E-state index contributed by atoms with van der Waals surface area (Å²) in [5.41, 5.74) is -3.79. The molecule has 0 radical (unpaired) electrons. The second-order valence-electron chi connectivity index (χ2n) is 5.00. The number of urea groups is 1. The molecule has 6 nitrogen and oxygen atoms in total. The molecule has 0 saturated carbocycles. The molecule has 1 aromatic heterocycles. The van der Waals surface area contributed by atoms with Crippen molar-refractivity contribution in [2.45, 2.75) is 24.9 Å². The van der Waals surface area contributed by atoms with Crippen molar-refractivity contribution in [3.63, 3.8) is 0 Å². The first kappa shape index (κ1) is 16.9. The van der Waals surface area contributed by atoms with Gasteiger partial charge in [0.05, 0.1) is 6.04 Å². The van der Waals surface area contributed by atoms with E-state index in [-0.39, 0.29) is 5.56 Å². The summed E-state index contributed by atoms with van der Waals surface area (Å²) in [4.78, 5) is 27.7. The van der Waals surface area contributed by atoms with Gasteiger partial charge in [0.15, 0.2) is 5.78 Å². The van der Waals surface area contributed by atoms with Crippen molar-refractivity contribution in [2.75, 3.05) is 0 Å². The second-order valence-corrected chi connectivity index (χ2v) is 5.00. The molecule has 1 saturated heterocycles. The monoisotopic (exact) mass is 329 g/mol. The highest BCUT2D eigenvalue weighted by Crippen LogP contribution is 2.39. The largest absolute Gasteiger partial charge is 0.437 e. The van der Waals surface area contributed by atoms with Crippen LogP contribution in [-0.4, -0.2) is 39.8 Å². The van der Waals surface area contributed by atoms with Crippen LogP contribution in [0.25, 0.3) is 0 Å². The van der Waals surface area contributed by atoms with E-state index in [4.69, 9.17) is 0 Å². The summed E-state index contributed by atoms with van der Waals surface area (Å²) in [5.74, 6) is -2.99. The minimum absolute atomic E-state index is 0.104. The highest BCUT2D eigenvalue weighted by atomic mass is 19.4. The number of alkyl halides is 3. The van der Waals surface area contributed by atoms with E-state index < -0.39 is 35.7 Å². The second kappa shape index (κ2) is 5.99. The SMILES string of the molecule is C/C=C/C1NC(=O)NC(O)(C(F)(F)F)C1C(=O)c1cccnc1. The van der Waals surface area contributed by atoms with Crippen molar-refractivity contribution >= 4 is 11.8 Å². The number of pyridine rings is 1. The highest BCUT2D eigenvalue weighted by molar-refractivity contribution is 6.00. The molecule has 124 valence electrons. The lowest BCUT2D eigenvalue weighted by Crippen LogP contribution is -2.74. The molecule has 2 amide bonds. The Balaban J connectivity index is 2.55. The lowest BCUT2D eigenvalue weighted by molar-refractivity contribution is -0.285. The van der Waals surface area contributed by atoms with Crippen LogP contribution < -0.4 is 10.6 Å². The molecule has 1 fully saturated rings. The predicted molar refractivity (Wildman–Crippen MR) is 73.3 cm³/mol. The van der Waals surface area contributed by atoms with Crippen LogP contribution in [0.5, 0.6) is 0 Å². The fourth-order valence-corrected chi connectivity index (χ4v) is 2.44. The highest BCUT2D eigenvalue weighted by Gasteiger charge is 2.65. The first-order valence-electron chi connectivity index (χ1n) is 6.65. The summed E-state index contributed by atoms with van der Waals surface area (Å²) in [6.45, 7) is 1.52. The summed E-state index contributed by atoms with van der Waals surface area (Å²) >= 11 is 0. The molecule has 3 unspecified atom stereocenters. The van der Waals surface area contributed by atoms with Crippen molar-refractivity contribution in [1.82, 2.24) is 15.6 Å². The Morgan fingerprint density at radius 1 is 1.48 bits per heavy atom. The molecule has 3 atom stereocenters. The van der Waals surface area contributed by atoms with Crippen molar-refractivity contribution < 1.29 is 27.9 Å². The maximum atomic E-state index is 13.4. The summed E-state index contributed by atoms with van der Waals surface area (Å²) in [5, 5.41) is 13.7. The Labute approximate surface area is 129 Å². The van der Waals surface area contributed by atoms with Crippen molar-refractivity contribution in [3.8, 4) is 0 Å². The third kappa shape index (κ3) is 3.04. The molecule has 3 N–H and O–H groups in total. The van der Waals surface area contributed by atoms with Crippen molar-refractivity contribution in [2.24, 2.45) is 5.92 Å². The summed E-state index contributed by atoms with van der Waals surface area (Å²) < 4.78 is 40.1. The topological polar surface area (TPSA) is 91.3 Å². The number of ketones is 1. The van der Waals surface area contributed by atoms with Crippen molar-refractivity contribution in [3.05, 3.63) is 42.2 Å². The number of allylic oxidation sites excluding steroid dienone is 1. The number of nitrogens with zero attached hydrogens (tertiary/aromatic N) is 1. The smallest absolute Gasteiger partial charge is 0.363 e. The zero-order valence-corrected chi connectivity index (χ0v) is 12.0. The number of carbonyl (C=O) groups excluding carboxylic acids is 2. The molecule has 23 heavy (non-hydrogen) atoms. The van der Waals surface area contributed by atoms with E-state index in [2.05, 4.69) is 10.3 Å². The molecular weight excluding hydrogens is 315 g/mol. The standard InChI is InChI=1S/C14H14F3N3O3/c1-2-4-9-10(11(21)8-5-3-6-18-7-8)13(23,14(15,16)17)20-12(22)19-9/h2-7,9-10,23H,1H3,(H2,19,20,22)/b4-2+. The van der Waals surface area contributed by atoms with Crippen LogP contribution in [-0.2, 0) is 0 Å². The van der Waals surface area contributed by atoms with Crippen molar-refractivity contribution in [1.29, 1.82) is 0 Å². The minimum atomic E-state index is -5.24. The Bertz CT molecular complexity index is 633. The van der Waals surface area contributed by atoms with Gasteiger partial charge in [0.25, 0.3) is 0 Å². The number of rotatable bonds is 3. The van der Waals surface area contributed by atoms with Gasteiger partial charge in [0.2, 0.25) is 5.72 Å². The number of nitrogens with one attached hydrogen (secondary N) is 2. The molecule has 9 heteroatoms. The summed E-state index contributed by atoms with van der Waals surface area (Å²) in [6.07, 6.45) is -0.183. The van der Waals surface area contributed by atoms with Gasteiger partial charge in [-0.1, -0.05) is 12.2 Å². The van der Waals surface area contributed by atoms with E-state index >= 15 is 0 Å². The fourth-order valence-electron chi connectivity index (χ4n) is 2.44. The Morgan fingerprint density at radius 3 is 2.70 bits per heavy atom. The van der Waals surface area contributed by atoms with Gasteiger partial charge in [-0.3, -0.25) is 9.78 Å². The number of aromatic nitrogens is 1. The van der Waals surface area contributed by atoms with E-state index in [1.54, 1.807) is 0 Å². The third-order valence-corrected chi connectivity index (χ3v) is 3.47. The van der Waals surface area contributed by atoms with Gasteiger partial charge in [0, 0.05) is 18.0 Å². The average molecular weight is 329 g/mol. The zero-order chi connectivity index (χ0) is 17.3. The molecule has 1 aliphatic heterocycles. The molecule has 0 bridgehead atoms. The maximum Gasteiger partial charge on any atom is 0.437 e. The Kier molecular flexibility index (Phi) is 4.42. The van der Waals surface area contributed by atoms with Gasteiger partial charge in [-0.15, -0.1) is 0 Å². The molecule has 2 rings (SSSR count). The predicted octanol–water partition coefficient (Wildman–Crippen LogP) is 1.39. The molecule has 1 aromatic rings. The van der Waals surface area contributed by atoms with Gasteiger partial charge in [-0.25, -0.2) is 4.79 Å². The summed E-state index contributed by atoms with van der Waals surface area (Å²) in [6, 6.07) is 0.130. The third-order valence-electron chi connectivity index (χ3n) is 3.47. The first-order valence-corrected chi connectivity index (χ1v) is 6.65. The number of halogens is 3. The number of Topliss-reactive ketones (excluding diaryl/α,β-unsaturated/α-hetero) is 1. The normalized spacial score (nSPS) is 28.3. The Hall–Kier alpha value is -2.42. The minimum Gasteiger partial charge on any atom is -0.363 e. The van der Waals surface area contributed by atoms with Crippen LogP contribution in [0.1, 0.15) is 17.3 Å². The lowest BCUT2D eigenvalue weighted by atomic mass is 9.80. The van der Waals surface area contributed by atoms with Crippen LogP contribution in [0.4, 0.5) is 18.0 Å². The average Bonchev–Trinajstić information content (AvgIpc) is 2.46. The molecule has 2 heterocycles. The maximum absolute atomic E-state index is 13.4. The molecule has 1 aliphatic rings. The number of hydrogen-bond acceptors (Lipinski definition) is 4. The quantitative estimate of drug-likeness (QED) is 0.577. The van der Waals surface area contributed by atoms with E-state index in [0.29, 0.717) is 0 Å². The zero-order valence-electron chi connectivity index (χ0n) is 12.0. The molecule has 0 spiro atoms. The van der Waals surface area contributed by atoms with Gasteiger partial charge in [-0.2, -0.15) is 13.2 Å². The number of aliphatic hydroxyl groups is 1. The van der Waals surface area contributed by atoms with E-state index in [9.17, 15) is 27.9 Å². The first-order chi connectivity index (χ1) is 10.7. The van der Waals surface area contributed by atoms with Crippen LogP contribution >= 0.6 is 0 Å². The van der Waals surface area contributed by atoms with Crippen LogP contribution in [0.2, 0.25) is 0 Å². The van der Waals surface area contributed by atoms with Crippen LogP contribution in [0, 0.1) is 5.92 Å². The van der Waals surface area contributed by atoms with Gasteiger partial charge in [0.1, 0.15) is 5.92 Å². The molecule has 0 aliphatic carbocycles. The van der Waals surface area contributed by atoms with Crippen LogP contribution in [0.3, 0.4) is 0 Å². The number of hydrogen-bond donors (Lipinski definition) is 3. The number of amides is 2. The fraction of sp³-hybridized carbons (Fsp3) is 0.357. The van der Waals surface area contributed by atoms with Gasteiger partial charge in [-0.05, 0) is 19.1 Å². The Morgan fingerprint density at radius 2 is 2.17 bits per heavy atom. The molecule has 0 aromatic carbocycles. The summed E-state index contributed by atoms with van der Waals surface area (Å²) in [7, 11) is 0. The van der Waals surface area contributed by atoms with E-state index in [0.717, 1.165) is 6.20 Å². The van der Waals surface area contributed by atoms with E-state index in [1.165, 1.54) is 42.7 Å². The van der Waals surface area contributed by atoms with Crippen LogP contribution in [0.15, 0.2) is 36.7 Å². The molecular formula is C14H14F3N3O3.